The average Bonchev–Trinajstić information content (AvgIpc) is 3.42. The minimum atomic E-state index is -0.852. The molecule has 9 nitrogen and oxygen atoms in total. The fraction of sp³-hybridized carbons (Fsp3) is 0.321. The van der Waals surface area contributed by atoms with Crippen LogP contribution in [0.25, 0.3) is 17.1 Å². The van der Waals surface area contributed by atoms with Gasteiger partial charge in [-0.1, -0.05) is 11.6 Å². The average molecular weight is 567 g/mol. The first-order valence-corrected chi connectivity index (χ1v) is 13.1. The molecule has 2 aliphatic heterocycles. The third kappa shape index (κ3) is 4.79. The van der Waals surface area contributed by atoms with E-state index in [-0.39, 0.29) is 28.5 Å². The van der Waals surface area contributed by atoms with Gasteiger partial charge in [0.25, 0.3) is 5.56 Å². The Hall–Kier alpha value is -3.96. The first kappa shape index (κ1) is 26.3. The van der Waals surface area contributed by atoms with Crippen molar-refractivity contribution in [3.05, 3.63) is 86.8 Å². The first-order valence-electron chi connectivity index (χ1n) is 12.7. The van der Waals surface area contributed by atoms with E-state index >= 15 is 0 Å². The van der Waals surface area contributed by atoms with Gasteiger partial charge in [-0.25, -0.2) is 18.7 Å². The van der Waals surface area contributed by atoms with E-state index < -0.39 is 17.2 Å². The van der Waals surface area contributed by atoms with E-state index in [9.17, 15) is 13.6 Å². The molecule has 2 saturated heterocycles. The van der Waals surface area contributed by atoms with E-state index in [1.807, 2.05) is 6.92 Å². The molecule has 6 heterocycles. The Morgan fingerprint density at radius 2 is 1.93 bits per heavy atom. The number of nitrogens with zero attached hydrogens (tertiary/aromatic N) is 6. The lowest BCUT2D eigenvalue weighted by Crippen LogP contribution is -2.57. The molecule has 2 aliphatic rings. The summed E-state index contributed by atoms with van der Waals surface area (Å²) in [5.74, 6) is -0.950. The fourth-order valence-electron chi connectivity index (χ4n) is 5.12. The number of aromatic nitrogens is 5. The molecule has 0 bridgehead atoms. The molecule has 1 spiro atoms. The number of hydrogen-bond donors (Lipinski definition) is 0. The fourth-order valence-corrected chi connectivity index (χ4v) is 5.32. The van der Waals surface area contributed by atoms with Crippen LogP contribution in [0.15, 0.2) is 47.7 Å². The number of hydrogen-bond acceptors (Lipinski definition) is 8. The number of anilines is 1. The lowest BCUT2D eigenvalue weighted by Gasteiger charge is -2.47. The van der Waals surface area contributed by atoms with Gasteiger partial charge in [0.05, 0.1) is 29.9 Å². The predicted octanol–water partition coefficient (Wildman–Crippen LogP) is 4.44. The standard InChI is InChI=1S/C28H25ClF2N6O3/c1-16-10-33-21(20-3-5-32-27(35-20)36-13-28(14-36)4-6-39-15-28)9-23(16)37-17(2)7-24(25(29)26(37)38)40-12-22-19(31)8-18(30)11-34-22/h3,5,7-11H,4,6,12-15H2,1-2H3. The van der Waals surface area contributed by atoms with Crippen molar-refractivity contribution in [2.24, 2.45) is 5.41 Å². The van der Waals surface area contributed by atoms with E-state index in [2.05, 4.69) is 19.9 Å². The summed E-state index contributed by atoms with van der Waals surface area (Å²) in [4.78, 5) is 33.0. The van der Waals surface area contributed by atoms with Crippen molar-refractivity contribution in [1.82, 2.24) is 24.5 Å². The van der Waals surface area contributed by atoms with Crippen LogP contribution in [0.3, 0.4) is 0 Å². The molecule has 206 valence electrons. The smallest absolute Gasteiger partial charge is 0.277 e. The Labute approximate surface area is 233 Å². The van der Waals surface area contributed by atoms with Gasteiger partial charge in [0.2, 0.25) is 5.95 Å². The second kappa shape index (κ2) is 10.2. The predicted molar refractivity (Wildman–Crippen MR) is 144 cm³/mol. The van der Waals surface area contributed by atoms with Crippen molar-refractivity contribution in [3.8, 4) is 22.8 Å². The third-order valence-corrected chi connectivity index (χ3v) is 7.64. The first-order chi connectivity index (χ1) is 19.2. The molecule has 0 atom stereocenters. The number of pyridine rings is 3. The lowest BCUT2D eigenvalue weighted by molar-refractivity contribution is 0.130. The SMILES string of the molecule is Cc1cnc(-c2ccnc(N3CC4(CCOC4)C3)n2)cc1-n1c(C)cc(OCc2ncc(F)cc2F)c(Cl)c1=O. The summed E-state index contributed by atoms with van der Waals surface area (Å²) in [7, 11) is 0. The van der Waals surface area contributed by atoms with E-state index in [1.54, 1.807) is 37.5 Å². The molecule has 6 rings (SSSR count). The van der Waals surface area contributed by atoms with Gasteiger partial charge in [-0.3, -0.25) is 19.3 Å². The van der Waals surface area contributed by atoms with Crippen LogP contribution in [0, 0.1) is 30.9 Å². The highest BCUT2D eigenvalue weighted by Gasteiger charge is 2.46. The van der Waals surface area contributed by atoms with Gasteiger partial charge in [0.1, 0.15) is 28.9 Å². The van der Waals surface area contributed by atoms with Crippen molar-refractivity contribution < 1.29 is 18.3 Å². The van der Waals surface area contributed by atoms with Gasteiger partial charge in [-0.15, -0.1) is 0 Å². The van der Waals surface area contributed by atoms with Crippen LogP contribution >= 0.6 is 11.6 Å². The molecular formula is C28H25ClF2N6O3. The van der Waals surface area contributed by atoms with Crippen molar-refractivity contribution in [2.75, 3.05) is 31.2 Å². The second-order valence-corrected chi connectivity index (χ2v) is 10.6. The molecule has 0 unspecified atom stereocenters. The second-order valence-electron chi connectivity index (χ2n) is 10.2. The van der Waals surface area contributed by atoms with Crippen molar-refractivity contribution in [2.45, 2.75) is 26.9 Å². The number of aryl methyl sites for hydroxylation is 2. The Morgan fingerprint density at radius 1 is 1.10 bits per heavy atom. The van der Waals surface area contributed by atoms with E-state index in [0.29, 0.717) is 34.8 Å². The summed E-state index contributed by atoms with van der Waals surface area (Å²) < 4.78 is 39.8. The Bertz CT molecular complexity index is 1670. The lowest BCUT2D eigenvalue weighted by atomic mass is 9.79. The Kier molecular flexibility index (Phi) is 6.71. The summed E-state index contributed by atoms with van der Waals surface area (Å²) in [6, 6.07) is 5.86. The largest absolute Gasteiger partial charge is 0.485 e. The highest BCUT2D eigenvalue weighted by Crippen LogP contribution is 2.40. The maximum Gasteiger partial charge on any atom is 0.277 e. The van der Waals surface area contributed by atoms with Gasteiger partial charge >= 0.3 is 0 Å². The van der Waals surface area contributed by atoms with Crippen molar-refractivity contribution >= 4 is 17.5 Å². The monoisotopic (exact) mass is 566 g/mol. The zero-order valence-corrected chi connectivity index (χ0v) is 22.6. The molecule has 0 aliphatic carbocycles. The van der Waals surface area contributed by atoms with Crippen LogP contribution in [0.2, 0.25) is 5.02 Å². The highest BCUT2D eigenvalue weighted by molar-refractivity contribution is 6.31. The molecule has 4 aromatic heterocycles. The summed E-state index contributed by atoms with van der Waals surface area (Å²) in [6.45, 7) is 6.53. The minimum Gasteiger partial charge on any atom is -0.485 e. The molecule has 2 fully saturated rings. The van der Waals surface area contributed by atoms with Crippen LogP contribution in [0.1, 0.15) is 23.4 Å². The van der Waals surface area contributed by atoms with Crippen molar-refractivity contribution in [1.29, 1.82) is 0 Å². The molecule has 0 N–H and O–H groups in total. The van der Waals surface area contributed by atoms with Crippen LogP contribution in [-0.2, 0) is 11.3 Å². The summed E-state index contributed by atoms with van der Waals surface area (Å²) in [5, 5.41) is -0.183. The van der Waals surface area contributed by atoms with Crippen molar-refractivity contribution in [3.63, 3.8) is 0 Å². The third-order valence-electron chi connectivity index (χ3n) is 7.29. The maximum absolute atomic E-state index is 14.0. The summed E-state index contributed by atoms with van der Waals surface area (Å²) >= 11 is 6.41. The highest BCUT2D eigenvalue weighted by atomic mass is 35.5. The van der Waals surface area contributed by atoms with Gasteiger partial charge in [-0.2, -0.15) is 0 Å². The normalized spacial score (nSPS) is 15.9. The molecule has 0 amide bonds. The van der Waals surface area contributed by atoms with Gasteiger partial charge in [-0.05, 0) is 38.0 Å². The van der Waals surface area contributed by atoms with E-state index in [4.69, 9.17) is 26.1 Å². The molecule has 12 heteroatoms. The Morgan fingerprint density at radius 3 is 2.67 bits per heavy atom. The quantitative estimate of drug-likeness (QED) is 0.338. The topological polar surface area (TPSA) is 95.3 Å². The molecule has 0 radical (unpaired) electrons. The zero-order chi connectivity index (χ0) is 28.0. The summed E-state index contributed by atoms with van der Waals surface area (Å²) in [6.07, 6.45) is 5.32. The van der Waals surface area contributed by atoms with Gasteiger partial charge in [0, 0.05) is 55.3 Å². The molecule has 4 aromatic rings. The number of ether oxygens (including phenoxy) is 2. The van der Waals surface area contributed by atoms with Crippen LogP contribution in [-0.4, -0.2) is 50.8 Å². The minimum absolute atomic E-state index is 0.0679. The molecular weight excluding hydrogens is 542 g/mol. The van der Waals surface area contributed by atoms with Crippen LogP contribution < -0.4 is 15.2 Å². The van der Waals surface area contributed by atoms with Crippen LogP contribution in [0.4, 0.5) is 14.7 Å². The summed E-state index contributed by atoms with van der Waals surface area (Å²) in [5.41, 5.74) is 2.64. The molecule has 0 aromatic carbocycles. The molecule has 0 saturated carbocycles. The maximum atomic E-state index is 14.0. The number of halogens is 3. The Balaban J connectivity index is 1.28. The van der Waals surface area contributed by atoms with Gasteiger partial charge < -0.3 is 14.4 Å². The number of rotatable bonds is 6. The molecule has 40 heavy (non-hydrogen) atoms. The van der Waals surface area contributed by atoms with Crippen LogP contribution in [0.5, 0.6) is 5.75 Å². The van der Waals surface area contributed by atoms with E-state index in [1.165, 1.54) is 4.57 Å². The van der Waals surface area contributed by atoms with Gasteiger partial charge in [0.15, 0.2) is 5.82 Å². The van der Waals surface area contributed by atoms with E-state index in [0.717, 1.165) is 44.5 Å². The zero-order valence-electron chi connectivity index (χ0n) is 21.8.